The smallest absolute Gasteiger partial charge is 0.234 e. The van der Waals surface area contributed by atoms with Gasteiger partial charge in [0.2, 0.25) is 5.91 Å². The van der Waals surface area contributed by atoms with Crippen LogP contribution < -0.4 is 5.32 Å². The fourth-order valence-corrected chi connectivity index (χ4v) is 2.10. The van der Waals surface area contributed by atoms with Gasteiger partial charge in [-0.2, -0.15) is 0 Å². The molecule has 0 saturated carbocycles. The number of amides is 1. The maximum atomic E-state index is 11.9. The Hall–Kier alpha value is -1.37. The number of hydrogen-bond acceptors (Lipinski definition) is 5. The lowest BCUT2D eigenvalue weighted by atomic mass is 10.0. The third kappa shape index (κ3) is 4.06. The van der Waals surface area contributed by atoms with Crippen LogP contribution in [0.4, 0.5) is 0 Å². The van der Waals surface area contributed by atoms with E-state index in [4.69, 9.17) is 9.15 Å². The van der Waals surface area contributed by atoms with E-state index in [0.717, 1.165) is 18.8 Å². The minimum absolute atomic E-state index is 0.101. The molecule has 1 amide bonds. The number of carbonyl (C=O) groups excluding carboxylic acids is 1. The van der Waals surface area contributed by atoms with E-state index in [2.05, 4.69) is 5.32 Å². The molecule has 1 aromatic rings. The predicted octanol–water partition coefficient (Wildman–Crippen LogP) is 0.244. The third-order valence-electron chi connectivity index (χ3n) is 3.37. The molecular weight excluding hydrogens is 260 g/mol. The first-order chi connectivity index (χ1) is 9.47. The topological polar surface area (TPSA) is 74.9 Å². The van der Waals surface area contributed by atoms with Gasteiger partial charge in [-0.15, -0.1) is 0 Å². The Morgan fingerprint density at radius 1 is 1.45 bits per heavy atom. The van der Waals surface area contributed by atoms with E-state index in [1.165, 1.54) is 0 Å². The summed E-state index contributed by atoms with van der Waals surface area (Å²) >= 11 is 0. The van der Waals surface area contributed by atoms with Gasteiger partial charge >= 0.3 is 0 Å². The van der Waals surface area contributed by atoms with Gasteiger partial charge in [-0.3, -0.25) is 9.69 Å². The number of aryl methyl sites for hydroxylation is 1. The zero-order valence-electron chi connectivity index (χ0n) is 12.0. The predicted molar refractivity (Wildman–Crippen MR) is 73.3 cm³/mol. The quantitative estimate of drug-likeness (QED) is 0.809. The maximum absolute atomic E-state index is 11.9. The highest BCUT2D eigenvalue weighted by Crippen LogP contribution is 2.21. The molecule has 2 heterocycles. The Morgan fingerprint density at radius 3 is 2.75 bits per heavy atom. The molecule has 0 aliphatic carbocycles. The lowest BCUT2D eigenvalue weighted by molar-refractivity contribution is -0.124. The fourth-order valence-electron chi connectivity index (χ4n) is 2.10. The first-order valence-corrected chi connectivity index (χ1v) is 6.83. The van der Waals surface area contributed by atoms with Gasteiger partial charge in [0, 0.05) is 13.1 Å². The van der Waals surface area contributed by atoms with E-state index < -0.39 is 5.60 Å². The molecule has 1 atom stereocenters. The molecule has 1 aromatic heterocycles. The van der Waals surface area contributed by atoms with Crippen molar-refractivity contribution in [3.8, 4) is 0 Å². The van der Waals surface area contributed by atoms with Crippen LogP contribution in [0.2, 0.25) is 0 Å². The number of aliphatic hydroxyl groups is 1. The molecule has 0 aromatic carbocycles. The molecule has 2 rings (SSSR count). The summed E-state index contributed by atoms with van der Waals surface area (Å²) in [6.45, 7) is 6.76. The Morgan fingerprint density at radius 2 is 2.15 bits per heavy atom. The molecule has 0 bridgehead atoms. The van der Waals surface area contributed by atoms with E-state index in [9.17, 15) is 9.90 Å². The van der Waals surface area contributed by atoms with Gasteiger partial charge in [0.15, 0.2) is 0 Å². The van der Waals surface area contributed by atoms with Crippen LogP contribution in [0, 0.1) is 6.92 Å². The average Bonchev–Trinajstić information content (AvgIpc) is 2.85. The summed E-state index contributed by atoms with van der Waals surface area (Å²) in [4.78, 5) is 13.9. The standard InChI is InChI=1S/C14H22N2O4/c1-11-3-4-12(20-11)14(2,18)10-15-13(17)9-16-5-7-19-8-6-16/h3-4,18H,5-10H2,1-2H3,(H,15,17). The number of carbonyl (C=O) groups is 1. The summed E-state index contributed by atoms with van der Waals surface area (Å²) in [5.41, 5.74) is -1.20. The minimum atomic E-state index is -1.20. The highest BCUT2D eigenvalue weighted by molar-refractivity contribution is 5.78. The Kier molecular flexibility index (Phi) is 4.80. The zero-order chi connectivity index (χ0) is 14.6. The maximum Gasteiger partial charge on any atom is 0.234 e. The number of furan rings is 1. The van der Waals surface area contributed by atoms with Crippen LogP contribution in [0.25, 0.3) is 0 Å². The van der Waals surface area contributed by atoms with E-state index >= 15 is 0 Å². The van der Waals surface area contributed by atoms with Crippen molar-refractivity contribution in [1.82, 2.24) is 10.2 Å². The molecule has 20 heavy (non-hydrogen) atoms. The van der Waals surface area contributed by atoms with Crippen molar-refractivity contribution in [2.45, 2.75) is 19.4 Å². The highest BCUT2D eigenvalue weighted by Gasteiger charge is 2.27. The lowest BCUT2D eigenvalue weighted by Crippen LogP contribution is -2.46. The Balaban J connectivity index is 1.80. The number of rotatable bonds is 5. The van der Waals surface area contributed by atoms with Gasteiger partial charge in [-0.25, -0.2) is 0 Å². The molecule has 112 valence electrons. The van der Waals surface area contributed by atoms with Crippen LogP contribution in [0.3, 0.4) is 0 Å². The normalized spacial score (nSPS) is 19.6. The van der Waals surface area contributed by atoms with E-state index in [0.29, 0.717) is 25.5 Å². The Bertz CT molecular complexity index is 450. The van der Waals surface area contributed by atoms with E-state index in [1.54, 1.807) is 19.1 Å². The largest absolute Gasteiger partial charge is 0.463 e. The number of nitrogens with one attached hydrogen (secondary N) is 1. The molecule has 1 aliphatic heterocycles. The first kappa shape index (κ1) is 15.0. The van der Waals surface area contributed by atoms with Crippen molar-refractivity contribution < 1.29 is 19.1 Å². The number of nitrogens with zero attached hydrogens (tertiary/aromatic N) is 1. The molecule has 1 saturated heterocycles. The monoisotopic (exact) mass is 282 g/mol. The van der Waals surface area contributed by atoms with E-state index in [1.807, 2.05) is 11.8 Å². The van der Waals surface area contributed by atoms with Crippen LogP contribution in [0.15, 0.2) is 16.5 Å². The minimum Gasteiger partial charge on any atom is -0.463 e. The Labute approximate surface area is 118 Å². The second kappa shape index (κ2) is 6.39. The van der Waals surface area contributed by atoms with Crippen molar-refractivity contribution in [2.75, 3.05) is 39.4 Å². The molecule has 1 unspecified atom stereocenters. The second-order valence-corrected chi connectivity index (χ2v) is 5.35. The van der Waals surface area contributed by atoms with Crippen LogP contribution in [-0.4, -0.2) is 55.3 Å². The van der Waals surface area contributed by atoms with Crippen molar-refractivity contribution in [3.63, 3.8) is 0 Å². The third-order valence-corrected chi connectivity index (χ3v) is 3.37. The summed E-state index contributed by atoms with van der Waals surface area (Å²) in [7, 11) is 0. The number of morpholine rings is 1. The van der Waals surface area contributed by atoms with Crippen molar-refractivity contribution >= 4 is 5.91 Å². The molecule has 1 fully saturated rings. The van der Waals surface area contributed by atoms with Gasteiger partial charge in [0.05, 0.1) is 26.3 Å². The average molecular weight is 282 g/mol. The van der Waals surface area contributed by atoms with Crippen molar-refractivity contribution in [3.05, 3.63) is 23.7 Å². The molecule has 6 nitrogen and oxygen atoms in total. The van der Waals surface area contributed by atoms with Gasteiger partial charge in [0.1, 0.15) is 17.1 Å². The molecule has 6 heteroatoms. The van der Waals surface area contributed by atoms with E-state index in [-0.39, 0.29) is 12.5 Å². The first-order valence-electron chi connectivity index (χ1n) is 6.83. The molecule has 2 N–H and O–H groups in total. The summed E-state index contributed by atoms with van der Waals surface area (Å²) in [6, 6.07) is 3.52. The summed E-state index contributed by atoms with van der Waals surface area (Å²) in [5.74, 6) is 1.09. The fraction of sp³-hybridized carbons (Fsp3) is 0.643. The number of ether oxygens (including phenoxy) is 1. The summed E-state index contributed by atoms with van der Waals surface area (Å²) < 4.78 is 10.6. The van der Waals surface area contributed by atoms with Crippen LogP contribution in [-0.2, 0) is 15.1 Å². The SMILES string of the molecule is Cc1ccc(C(C)(O)CNC(=O)CN2CCOCC2)o1. The van der Waals surface area contributed by atoms with Crippen LogP contribution in [0.5, 0.6) is 0 Å². The van der Waals surface area contributed by atoms with Gasteiger partial charge < -0.3 is 19.6 Å². The molecule has 0 spiro atoms. The van der Waals surface area contributed by atoms with Gasteiger partial charge in [-0.05, 0) is 26.0 Å². The van der Waals surface area contributed by atoms with Crippen molar-refractivity contribution in [1.29, 1.82) is 0 Å². The van der Waals surface area contributed by atoms with Crippen molar-refractivity contribution in [2.24, 2.45) is 0 Å². The zero-order valence-corrected chi connectivity index (χ0v) is 12.0. The molecule has 0 radical (unpaired) electrons. The van der Waals surface area contributed by atoms with Gasteiger partial charge in [0.25, 0.3) is 0 Å². The summed E-state index contributed by atoms with van der Waals surface area (Å²) in [6.07, 6.45) is 0. The highest BCUT2D eigenvalue weighted by atomic mass is 16.5. The number of hydrogen-bond donors (Lipinski definition) is 2. The summed E-state index contributed by atoms with van der Waals surface area (Å²) in [5, 5.41) is 13.1. The van der Waals surface area contributed by atoms with Crippen LogP contribution in [0.1, 0.15) is 18.4 Å². The second-order valence-electron chi connectivity index (χ2n) is 5.35. The molecule has 1 aliphatic rings. The van der Waals surface area contributed by atoms with Crippen LogP contribution >= 0.6 is 0 Å². The van der Waals surface area contributed by atoms with Gasteiger partial charge in [-0.1, -0.05) is 0 Å². The molecular formula is C14H22N2O4. The lowest BCUT2D eigenvalue weighted by Gasteiger charge is -2.27.